The number of halogens is 2. The van der Waals surface area contributed by atoms with Gasteiger partial charge in [0.1, 0.15) is 0 Å². The fourth-order valence-electron chi connectivity index (χ4n) is 1.62. The molecule has 0 spiro atoms. The molecule has 1 aliphatic carbocycles. The summed E-state index contributed by atoms with van der Waals surface area (Å²) >= 11 is 3.53. The Morgan fingerprint density at radius 3 is 2.57 bits per heavy atom. The average molecular weight is 277 g/mol. The summed E-state index contributed by atoms with van der Waals surface area (Å²) in [7, 11) is 0. The van der Waals surface area contributed by atoms with Crippen LogP contribution in [0.4, 0.5) is 0 Å². The maximum absolute atomic E-state index is 6.11. The molecule has 1 aromatic carbocycles. The van der Waals surface area contributed by atoms with Crippen LogP contribution in [0.2, 0.25) is 0 Å². The summed E-state index contributed by atoms with van der Waals surface area (Å²) in [6, 6.07) is 8.45. The second-order valence-electron chi connectivity index (χ2n) is 3.81. The number of nitrogens with two attached hydrogens (primary N) is 1. The molecule has 1 fully saturated rings. The van der Waals surface area contributed by atoms with Crippen molar-refractivity contribution in [1.29, 1.82) is 0 Å². The maximum atomic E-state index is 6.11. The van der Waals surface area contributed by atoms with E-state index in [0.717, 1.165) is 16.8 Å². The molecule has 0 unspecified atom stereocenters. The lowest BCUT2D eigenvalue weighted by molar-refractivity contribution is 0.595. The van der Waals surface area contributed by atoms with Gasteiger partial charge >= 0.3 is 0 Å². The van der Waals surface area contributed by atoms with E-state index >= 15 is 0 Å². The third kappa shape index (κ3) is 2.97. The normalized spacial score (nSPS) is 17.3. The summed E-state index contributed by atoms with van der Waals surface area (Å²) in [6.45, 7) is 0. The monoisotopic (exact) mass is 275 g/mol. The topological polar surface area (TPSA) is 26.0 Å². The van der Waals surface area contributed by atoms with Crippen LogP contribution in [0.1, 0.15) is 30.9 Å². The minimum Gasteiger partial charge on any atom is -0.324 e. The predicted molar refractivity (Wildman–Crippen MR) is 65.7 cm³/mol. The summed E-state index contributed by atoms with van der Waals surface area (Å²) in [6.07, 6.45) is 3.89. The fourth-order valence-corrected chi connectivity index (χ4v) is 2.19. The molecule has 78 valence electrons. The molecule has 2 N–H and O–H groups in total. The van der Waals surface area contributed by atoms with Crippen LogP contribution in [0.25, 0.3) is 0 Å². The van der Waals surface area contributed by atoms with Crippen molar-refractivity contribution in [1.82, 2.24) is 0 Å². The van der Waals surface area contributed by atoms with E-state index in [1.165, 1.54) is 18.4 Å². The zero-order valence-electron chi connectivity index (χ0n) is 7.95. The van der Waals surface area contributed by atoms with Gasteiger partial charge in [-0.05, 0) is 24.0 Å². The Balaban J connectivity index is 0.000000980. The Kier molecular flexibility index (Phi) is 4.42. The first kappa shape index (κ1) is 12.0. The lowest BCUT2D eigenvalue weighted by Crippen LogP contribution is -2.11. The highest BCUT2D eigenvalue weighted by Gasteiger charge is 2.24. The van der Waals surface area contributed by atoms with Crippen molar-refractivity contribution in [3.05, 3.63) is 34.3 Å². The molecular weight excluding hydrogens is 261 g/mol. The fraction of sp³-hybridized carbons (Fsp3) is 0.455. The van der Waals surface area contributed by atoms with Gasteiger partial charge in [-0.2, -0.15) is 0 Å². The summed E-state index contributed by atoms with van der Waals surface area (Å²) in [4.78, 5) is 0. The molecule has 3 heteroatoms. The third-order valence-corrected chi connectivity index (χ3v) is 3.31. The highest BCUT2D eigenvalue weighted by Crippen LogP contribution is 2.37. The first-order valence-electron chi connectivity index (χ1n) is 4.77. The van der Waals surface area contributed by atoms with E-state index in [-0.39, 0.29) is 18.4 Å². The lowest BCUT2D eigenvalue weighted by Gasteiger charge is -2.12. The molecule has 1 aliphatic rings. The zero-order chi connectivity index (χ0) is 9.26. The zero-order valence-corrected chi connectivity index (χ0v) is 10.4. The molecule has 1 atom stereocenters. The van der Waals surface area contributed by atoms with Crippen LogP contribution in [0.5, 0.6) is 0 Å². The van der Waals surface area contributed by atoms with E-state index in [2.05, 4.69) is 28.1 Å². The van der Waals surface area contributed by atoms with E-state index < -0.39 is 0 Å². The molecule has 1 saturated carbocycles. The average Bonchev–Trinajstić information content (AvgIpc) is 2.89. The van der Waals surface area contributed by atoms with Crippen LogP contribution < -0.4 is 5.73 Å². The largest absolute Gasteiger partial charge is 0.324 e. The molecule has 1 nitrogen and oxygen atoms in total. The Morgan fingerprint density at radius 1 is 1.36 bits per heavy atom. The number of hydrogen-bond donors (Lipinski definition) is 1. The van der Waals surface area contributed by atoms with Gasteiger partial charge in [0, 0.05) is 10.5 Å². The van der Waals surface area contributed by atoms with Crippen LogP contribution in [-0.4, -0.2) is 0 Å². The smallest absolute Gasteiger partial charge is 0.0308 e. The van der Waals surface area contributed by atoms with E-state index in [9.17, 15) is 0 Å². The minimum absolute atomic E-state index is 0. The van der Waals surface area contributed by atoms with Crippen molar-refractivity contribution in [2.45, 2.75) is 25.3 Å². The molecule has 1 aromatic rings. The minimum atomic E-state index is 0. The number of benzene rings is 1. The summed E-state index contributed by atoms with van der Waals surface area (Å²) in [5.74, 6) is 0.891. The second kappa shape index (κ2) is 5.15. The van der Waals surface area contributed by atoms with Crippen LogP contribution in [0.15, 0.2) is 28.7 Å². The van der Waals surface area contributed by atoms with Crippen molar-refractivity contribution >= 4 is 28.3 Å². The first-order valence-corrected chi connectivity index (χ1v) is 5.56. The standard InChI is InChI=1S/C11H14BrN.ClH/c12-10-4-2-1-3-9(10)11(13)7-8-5-6-8;/h1-4,8,11H,5-7,13H2;1H/t11-;/m1./s1. The van der Waals surface area contributed by atoms with Gasteiger partial charge in [0.15, 0.2) is 0 Å². The van der Waals surface area contributed by atoms with Crippen molar-refractivity contribution < 1.29 is 0 Å². The van der Waals surface area contributed by atoms with Gasteiger partial charge in [-0.1, -0.05) is 47.0 Å². The lowest BCUT2D eigenvalue weighted by atomic mass is 10.0. The second-order valence-corrected chi connectivity index (χ2v) is 4.66. The quantitative estimate of drug-likeness (QED) is 0.895. The van der Waals surface area contributed by atoms with Crippen molar-refractivity contribution in [3.8, 4) is 0 Å². The Bertz CT molecular complexity index is 299. The van der Waals surface area contributed by atoms with E-state index in [1.807, 2.05) is 12.1 Å². The SMILES string of the molecule is Cl.N[C@H](CC1CC1)c1ccccc1Br. The van der Waals surface area contributed by atoms with Gasteiger partial charge in [0.2, 0.25) is 0 Å². The predicted octanol–water partition coefficient (Wildman–Crippen LogP) is 3.67. The highest BCUT2D eigenvalue weighted by atomic mass is 79.9. The molecule has 2 rings (SSSR count). The van der Waals surface area contributed by atoms with Crippen LogP contribution in [0.3, 0.4) is 0 Å². The molecular formula is C11H15BrClN. The van der Waals surface area contributed by atoms with Crippen molar-refractivity contribution in [3.63, 3.8) is 0 Å². The van der Waals surface area contributed by atoms with E-state index in [1.54, 1.807) is 0 Å². The first-order chi connectivity index (χ1) is 6.27. The highest BCUT2D eigenvalue weighted by molar-refractivity contribution is 9.10. The van der Waals surface area contributed by atoms with E-state index in [0.29, 0.717) is 0 Å². The Morgan fingerprint density at radius 2 is 2.00 bits per heavy atom. The van der Waals surface area contributed by atoms with Crippen molar-refractivity contribution in [2.75, 3.05) is 0 Å². The van der Waals surface area contributed by atoms with Gasteiger partial charge in [0.05, 0.1) is 0 Å². The van der Waals surface area contributed by atoms with E-state index in [4.69, 9.17) is 5.73 Å². The molecule has 0 amide bonds. The molecule has 0 aliphatic heterocycles. The van der Waals surface area contributed by atoms with Crippen LogP contribution in [0, 0.1) is 5.92 Å². The molecule has 0 aromatic heterocycles. The van der Waals surface area contributed by atoms with Gasteiger partial charge in [0.25, 0.3) is 0 Å². The number of hydrogen-bond acceptors (Lipinski definition) is 1. The van der Waals surface area contributed by atoms with Gasteiger partial charge in [-0.15, -0.1) is 12.4 Å². The van der Waals surface area contributed by atoms with Gasteiger partial charge in [-0.25, -0.2) is 0 Å². The molecule has 0 saturated heterocycles. The van der Waals surface area contributed by atoms with Gasteiger partial charge in [-0.3, -0.25) is 0 Å². The summed E-state index contributed by atoms with van der Waals surface area (Å²) < 4.78 is 1.14. The van der Waals surface area contributed by atoms with Gasteiger partial charge < -0.3 is 5.73 Å². The van der Waals surface area contributed by atoms with Crippen molar-refractivity contribution in [2.24, 2.45) is 11.7 Å². The summed E-state index contributed by atoms with van der Waals surface area (Å²) in [5.41, 5.74) is 7.35. The Labute approximate surface area is 99.6 Å². The third-order valence-electron chi connectivity index (χ3n) is 2.59. The van der Waals surface area contributed by atoms with Crippen LogP contribution >= 0.6 is 28.3 Å². The number of rotatable bonds is 3. The maximum Gasteiger partial charge on any atom is 0.0308 e. The molecule has 0 radical (unpaired) electrons. The molecule has 14 heavy (non-hydrogen) atoms. The Hall–Kier alpha value is -0.0500. The van der Waals surface area contributed by atoms with Crippen LogP contribution in [-0.2, 0) is 0 Å². The molecule has 0 heterocycles. The molecule has 0 bridgehead atoms. The summed E-state index contributed by atoms with van der Waals surface area (Å²) in [5, 5.41) is 0.